The third-order valence-corrected chi connectivity index (χ3v) is 7.82. The quantitative estimate of drug-likeness (QED) is 0.505. The molecule has 0 aromatic heterocycles. The van der Waals surface area contributed by atoms with E-state index in [0.717, 1.165) is 68.7 Å². The smallest absolute Gasteiger partial charge is 0.240 e. The molecule has 0 bridgehead atoms. The van der Waals surface area contributed by atoms with Gasteiger partial charge in [0.05, 0.1) is 38.4 Å². The second-order valence-electron chi connectivity index (χ2n) is 10.5. The average molecular weight is 454 g/mol. The maximum atomic E-state index is 13.9. The monoisotopic (exact) mass is 453 g/mol. The highest BCUT2D eigenvalue weighted by molar-refractivity contribution is 5.95. The lowest BCUT2D eigenvalue weighted by atomic mass is 9.87. The Kier molecular flexibility index (Phi) is 7.82. The van der Waals surface area contributed by atoms with Crippen LogP contribution in [0.3, 0.4) is 0 Å². The van der Waals surface area contributed by atoms with E-state index in [1.807, 2.05) is 0 Å². The molecular weight excluding hydrogens is 411 g/mol. The predicted octanol–water partition coefficient (Wildman–Crippen LogP) is 1.18. The molecular formula is C23H42FN6O2+. The fourth-order valence-corrected chi connectivity index (χ4v) is 6.06. The molecule has 2 saturated heterocycles. The zero-order chi connectivity index (χ0) is 22.7. The fourth-order valence-electron chi connectivity index (χ4n) is 6.06. The minimum Gasteiger partial charge on any atom is -0.345 e. The normalized spacial score (nSPS) is 40.9. The van der Waals surface area contributed by atoms with E-state index in [1.54, 1.807) is 0 Å². The molecule has 7 unspecified atom stereocenters. The van der Waals surface area contributed by atoms with E-state index in [2.05, 4.69) is 42.1 Å². The minimum atomic E-state index is -0.647. The van der Waals surface area contributed by atoms with Gasteiger partial charge in [-0.3, -0.25) is 14.6 Å². The van der Waals surface area contributed by atoms with E-state index in [4.69, 9.17) is 9.83 Å². The fraction of sp³-hybridized carbons (Fsp3) is 0.913. The second-order valence-corrected chi connectivity index (χ2v) is 10.5. The Balaban J connectivity index is 1.28. The molecule has 4 rings (SSSR count). The summed E-state index contributed by atoms with van der Waals surface area (Å²) >= 11 is 0. The molecule has 3 heterocycles. The van der Waals surface area contributed by atoms with Gasteiger partial charge < -0.3 is 10.6 Å². The van der Waals surface area contributed by atoms with Crippen LogP contribution in [-0.4, -0.2) is 98.4 Å². The Morgan fingerprint density at radius 1 is 1.38 bits per heavy atom. The van der Waals surface area contributed by atoms with Crippen molar-refractivity contribution < 1.29 is 18.6 Å². The van der Waals surface area contributed by atoms with Crippen LogP contribution in [0.15, 0.2) is 4.99 Å². The summed E-state index contributed by atoms with van der Waals surface area (Å²) in [5.41, 5.74) is 4.01. The Labute approximate surface area is 191 Å². The first-order valence-corrected chi connectivity index (χ1v) is 12.6. The Bertz CT molecular complexity index is 693. The van der Waals surface area contributed by atoms with Crippen molar-refractivity contribution in [1.29, 1.82) is 0 Å². The van der Waals surface area contributed by atoms with Crippen LogP contribution in [0, 0.1) is 5.92 Å². The highest BCUT2D eigenvalue weighted by atomic mass is 19.1. The molecule has 0 radical (unpaired) electrons. The molecule has 7 atom stereocenters. The largest absolute Gasteiger partial charge is 0.345 e. The topological polar surface area (TPSA) is 78.0 Å². The molecule has 32 heavy (non-hydrogen) atoms. The summed E-state index contributed by atoms with van der Waals surface area (Å²) in [4.78, 5) is 23.5. The van der Waals surface area contributed by atoms with Gasteiger partial charge in [0, 0.05) is 32.0 Å². The van der Waals surface area contributed by atoms with Gasteiger partial charge in [-0.05, 0) is 25.7 Å². The van der Waals surface area contributed by atoms with E-state index in [0.29, 0.717) is 25.2 Å². The first-order valence-electron chi connectivity index (χ1n) is 12.6. The number of carbonyl (C=O) groups excluding carboxylic acids is 1. The lowest BCUT2D eigenvalue weighted by Crippen LogP contribution is -2.54. The van der Waals surface area contributed by atoms with Crippen molar-refractivity contribution in [3.63, 3.8) is 0 Å². The summed E-state index contributed by atoms with van der Waals surface area (Å²) in [6.45, 7) is 6.44. The predicted molar refractivity (Wildman–Crippen MR) is 123 cm³/mol. The van der Waals surface area contributed by atoms with Crippen LogP contribution in [0.1, 0.15) is 51.9 Å². The number of hydrogen-bond donors (Lipinski definition) is 3. The first kappa shape index (κ1) is 24.0. The molecule has 1 amide bonds. The lowest BCUT2D eigenvalue weighted by molar-refractivity contribution is -1.01. The van der Waals surface area contributed by atoms with Crippen LogP contribution in [0.5, 0.6) is 0 Å². The highest BCUT2D eigenvalue weighted by Gasteiger charge is 2.44. The number of carbonyl (C=O) groups is 1. The van der Waals surface area contributed by atoms with Crippen LogP contribution in [0.25, 0.3) is 0 Å². The molecule has 8 nitrogen and oxygen atoms in total. The van der Waals surface area contributed by atoms with Crippen molar-refractivity contribution in [2.75, 3.05) is 46.8 Å². The van der Waals surface area contributed by atoms with Gasteiger partial charge in [0.25, 0.3) is 0 Å². The molecule has 3 fully saturated rings. The van der Waals surface area contributed by atoms with E-state index >= 15 is 0 Å². The van der Waals surface area contributed by atoms with Crippen LogP contribution < -0.4 is 16.1 Å². The molecule has 1 saturated carbocycles. The Morgan fingerprint density at radius 3 is 3.00 bits per heavy atom. The van der Waals surface area contributed by atoms with E-state index in [9.17, 15) is 9.18 Å². The third-order valence-electron chi connectivity index (χ3n) is 7.82. The van der Waals surface area contributed by atoms with Gasteiger partial charge in [-0.1, -0.05) is 19.8 Å². The number of quaternary nitrogens is 1. The number of nitrogens with one attached hydrogen (secondary N) is 3. The number of aliphatic imine (C=N–C) groups is 1. The number of amides is 1. The molecule has 4 aliphatic rings. The molecule has 0 aromatic carbocycles. The number of likely N-dealkylation sites (N-methyl/N-ethyl adjacent to an activating group) is 2. The van der Waals surface area contributed by atoms with E-state index in [-0.39, 0.29) is 30.1 Å². The Morgan fingerprint density at radius 2 is 2.22 bits per heavy atom. The number of hydrogen-bond acceptors (Lipinski definition) is 6. The van der Waals surface area contributed by atoms with Crippen molar-refractivity contribution in [2.45, 2.75) is 82.3 Å². The molecule has 3 N–H and O–H groups in total. The van der Waals surface area contributed by atoms with Gasteiger partial charge >= 0.3 is 0 Å². The lowest BCUT2D eigenvalue weighted by Gasteiger charge is -2.39. The summed E-state index contributed by atoms with van der Waals surface area (Å²) in [7, 11) is 4.32. The number of alkyl halides is 1. The van der Waals surface area contributed by atoms with Gasteiger partial charge in [-0.15, -0.1) is 0 Å². The SMILES string of the molecule is CCCC1NCCN=C1C1CC(C(=O)NC2CN(C)[N+](C)(CC3CCCC(F)C3)C2)NO1. The zero-order valence-electron chi connectivity index (χ0n) is 20.0. The molecule has 0 spiro atoms. The number of rotatable bonds is 7. The van der Waals surface area contributed by atoms with E-state index in [1.165, 1.54) is 0 Å². The van der Waals surface area contributed by atoms with E-state index < -0.39 is 6.17 Å². The van der Waals surface area contributed by atoms with Crippen molar-refractivity contribution in [1.82, 2.24) is 21.1 Å². The van der Waals surface area contributed by atoms with Crippen LogP contribution in [0.4, 0.5) is 4.39 Å². The standard InChI is InChI=1S/C23H41FN6O2/c1-4-6-19-22(26-10-9-25-19)21-12-20(28-32-21)23(31)27-18-13-29(2)30(3,15-18)14-16-7-5-8-17(24)11-16/h16-21,25,28H,4-15H2,1-3H3/p+1. The number of hydroxylamine groups is 1. The first-order chi connectivity index (χ1) is 15.4. The highest BCUT2D eigenvalue weighted by Crippen LogP contribution is 2.30. The number of nitrogens with zero attached hydrogens (tertiary/aromatic N) is 3. The van der Waals surface area contributed by atoms with Gasteiger partial charge in [-0.2, -0.15) is 10.5 Å². The molecule has 9 heteroatoms. The summed E-state index contributed by atoms with van der Waals surface area (Å²) in [5.74, 6) is 0.421. The summed E-state index contributed by atoms with van der Waals surface area (Å²) in [5, 5.41) is 9.07. The van der Waals surface area contributed by atoms with Gasteiger partial charge in [-0.25, -0.2) is 8.98 Å². The number of halogens is 1. The van der Waals surface area contributed by atoms with Crippen LogP contribution in [0.2, 0.25) is 0 Å². The summed E-state index contributed by atoms with van der Waals surface area (Å²) < 4.78 is 14.6. The molecule has 1 aliphatic carbocycles. The summed E-state index contributed by atoms with van der Waals surface area (Å²) in [6, 6.07) is -0.0283. The molecule has 0 aromatic rings. The van der Waals surface area contributed by atoms with Gasteiger partial charge in [0.15, 0.2) is 0 Å². The maximum absolute atomic E-state index is 13.9. The van der Waals surface area contributed by atoms with Crippen LogP contribution in [-0.2, 0) is 9.63 Å². The van der Waals surface area contributed by atoms with Gasteiger partial charge in [0.2, 0.25) is 5.91 Å². The van der Waals surface area contributed by atoms with Gasteiger partial charge in [0.1, 0.15) is 24.9 Å². The Hall–Kier alpha value is -1.13. The molecule has 182 valence electrons. The third kappa shape index (κ3) is 5.50. The van der Waals surface area contributed by atoms with Crippen molar-refractivity contribution >= 4 is 11.6 Å². The van der Waals surface area contributed by atoms with Crippen molar-refractivity contribution in [2.24, 2.45) is 10.9 Å². The van der Waals surface area contributed by atoms with Crippen LogP contribution >= 0.6 is 0 Å². The maximum Gasteiger partial charge on any atom is 0.240 e. The minimum absolute atomic E-state index is 0.00255. The average Bonchev–Trinajstić information content (AvgIpc) is 3.34. The second kappa shape index (κ2) is 10.4. The van der Waals surface area contributed by atoms with Crippen molar-refractivity contribution in [3.8, 4) is 0 Å². The summed E-state index contributed by atoms with van der Waals surface area (Å²) in [6.07, 6.45) is 5.43. The molecule has 3 aliphatic heterocycles. The zero-order valence-corrected chi connectivity index (χ0v) is 20.0. The van der Waals surface area contributed by atoms with Crippen molar-refractivity contribution in [3.05, 3.63) is 0 Å².